The predicted octanol–water partition coefficient (Wildman–Crippen LogP) is 0.574. The Labute approximate surface area is 95.4 Å². The van der Waals surface area contributed by atoms with Gasteiger partial charge in [-0.3, -0.25) is 0 Å². The SMILES string of the molecule is CC[C@@H](NC(=O)NC(C)(C)COC)C(=O)O. The highest BCUT2D eigenvalue weighted by molar-refractivity contribution is 5.82. The van der Waals surface area contributed by atoms with Gasteiger partial charge in [0.2, 0.25) is 0 Å². The molecule has 0 unspecified atom stereocenters. The van der Waals surface area contributed by atoms with E-state index in [9.17, 15) is 9.59 Å². The quantitative estimate of drug-likeness (QED) is 0.625. The highest BCUT2D eigenvalue weighted by atomic mass is 16.5. The molecular weight excluding hydrogens is 212 g/mol. The van der Waals surface area contributed by atoms with Gasteiger partial charge in [0.1, 0.15) is 6.04 Å². The number of nitrogens with one attached hydrogen (secondary N) is 2. The summed E-state index contributed by atoms with van der Waals surface area (Å²) in [4.78, 5) is 22.2. The summed E-state index contributed by atoms with van der Waals surface area (Å²) in [5.41, 5.74) is -0.532. The second-order valence-electron chi connectivity index (χ2n) is 4.21. The number of amides is 2. The summed E-state index contributed by atoms with van der Waals surface area (Å²) in [7, 11) is 1.54. The minimum atomic E-state index is -1.04. The van der Waals surface area contributed by atoms with Crippen LogP contribution in [0.3, 0.4) is 0 Å². The first-order valence-electron chi connectivity index (χ1n) is 5.13. The van der Waals surface area contributed by atoms with E-state index in [4.69, 9.17) is 9.84 Å². The number of carbonyl (C=O) groups is 2. The molecule has 0 saturated heterocycles. The van der Waals surface area contributed by atoms with E-state index in [1.54, 1.807) is 20.8 Å². The van der Waals surface area contributed by atoms with Crippen LogP contribution in [0.5, 0.6) is 0 Å². The van der Waals surface area contributed by atoms with E-state index in [-0.39, 0.29) is 0 Å². The van der Waals surface area contributed by atoms with E-state index in [0.29, 0.717) is 13.0 Å². The molecule has 2 amide bonds. The fourth-order valence-electron chi connectivity index (χ4n) is 1.24. The molecule has 0 spiro atoms. The molecule has 1 atom stereocenters. The van der Waals surface area contributed by atoms with Crippen LogP contribution in [0.15, 0.2) is 0 Å². The second kappa shape index (κ2) is 6.32. The first kappa shape index (κ1) is 14.7. The van der Waals surface area contributed by atoms with Crippen molar-refractivity contribution in [2.75, 3.05) is 13.7 Å². The minimum absolute atomic E-state index is 0.341. The summed E-state index contributed by atoms with van der Waals surface area (Å²) in [6.45, 7) is 5.62. The van der Waals surface area contributed by atoms with E-state index in [1.165, 1.54) is 7.11 Å². The van der Waals surface area contributed by atoms with Gasteiger partial charge in [-0.1, -0.05) is 6.92 Å². The molecule has 6 nitrogen and oxygen atoms in total. The molecule has 0 aromatic rings. The van der Waals surface area contributed by atoms with E-state index in [2.05, 4.69) is 10.6 Å². The minimum Gasteiger partial charge on any atom is -0.480 e. The van der Waals surface area contributed by atoms with Crippen LogP contribution in [-0.2, 0) is 9.53 Å². The lowest BCUT2D eigenvalue weighted by atomic mass is 10.1. The van der Waals surface area contributed by atoms with Crippen LogP contribution in [-0.4, -0.2) is 42.4 Å². The molecule has 0 fully saturated rings. The number of hydrogen-bond acceptors (Lipinski definition) is 3. The number of rotatable bonds is 6. The molecule has 0 rings (SSSR count). The van der Waals surface area contributed by atoms with Crippen molar-refractivity contribution in [3.8, 4) is 0 Å². The molecule has 0 bridgehead atoms. The lowest BCUT2D eigenvalue weighted by molar-refractivity contribution is -0.139. The van der Waals surface area contributed by atoms with Gasteiger partial charge in [-0.15, -0.1) is 0 Å². The third kappa shape index (κ3) is 5.55. The van der Waals surface area contributed by atoms with Crippen LogP contribution < -0.4 is 10.6 Å². The Kier molecular flexibility index (Phi) is 5.81. The Bertz CT molecular complexity index is 253. The molecule has 0 radical (unpaired) electrons. The van der Waals surface area contributed by atoms with Gasteiger partial charge in [0.15, 0.2) is 0 Å². The molecule has 16 heavy (non-hydrogen) atoms. The first-order chi connectivity index (χ1) is 7.32. The largest absolute Gasteiger partial charge is 0.480 e. The summed E-state index contributed by atoms with van der Waals surface area (Å²) in [5, 5.41) is 13.8. The fourth-order valence-corrected chi connectivity index (χ4v) is 1.24. The maximum absolute atomic E-state index is 11.5. The molecule has 3 N–H and O–H groups in total. The van der Waals surface area contributed by atoms with Gasteiger partial charge in [0, 0.05) is 7.11 Å². The summed E-state index contributed by atoms with van der Waals surface area (Å²) < 4.78 is 4.93. The van der Waals surface area contributed by atoms with Crippen molar-refractivity contribution >= 4 is 12.0 Å². The van der Waals surface area contributed by atoms with Crippen molar-refractivity contribution in [1.82, 2.24) is 10.6 Å². The van der Waals surface area contributed by atoms with Gasteiger partial charge in [-0.2, -0.15) is 0 Å². The fraction of sp³-hybridized carbons (Fsp3) is 0.800. The third-order valence-corrected chi connectivity index (χ3v) is 1.97. The number of aliphatic carboxylic acids is 1. The zero-order valence-corrected chi connectivity index (χ0v) is 10.2. The van der Waals surface area contributed by atoms with E-state index in [0.717, 1.165) is 0 Å². The van der Waals surface area contributed by atoms with Crippen molar-refractivity contribution in [3.05, 3.63) is 0 Å². The van der Waals surface area contributed by atoms with Crippen LogP contribution in [0.25, 0.3) is 0 Å². The first-order valence-corrected chi connectivity index (χ1v) is 5.13. The molecule has 0 aliphatic heterocycles. The molecule has 94 valence electrons. The van der Waals surface area contributed by atoms with Gasteiger partial charge < -0.3 is 20.5 Å². The lowest BCUT2D eigenvalue weighted by Gasteiger charge is -2.26. The zero-order chi connectivity index (χ0) is 12.8. The standard InChI is InChI=1S/C10H20N2O4/c1-5-7(8(13)14)11-9(15)12-10(2,3)6-16-4/h7H,5-6H2,1-4H3,(H,13,14)(H2,11,12,15)/t7-/m1/s1. The van der Waals surface area contributed by atoms with Gasteiger partial charge in [-0.25, -0.2) is 9.59 Å². The Balaban J connectivity index is 4.21. The molecule has 0 aromatic carbocycles. The number of carboxylic acids is 1. The number of urea groups is 1. The van der Waals surface area contributed by atoms with Crippen LogP contribution >= 0.6 is 0 Å². The molecule has 0 heterocycles. The van der Waals surface area contributed by atoms with Crippen molar-refractivity contribution in [2.45, 2.75) is 38.8 Å². The van der Waals surface area contributed by atoms with Gasteiger partial charge in [0.25, 0.3) is 0 Å². The Morgan fingerprint density at radius 1 is 1.44 bits per heavy atom. The Morgan fingerprint density at radius 3 is 2.38 bits per heavy atom. The summed E-state index contributed by atoms with van der Waals surface area (Å²) in [5.74, 6) is -1.04. The second-order valence-corrected chi connectivity index (χ2v) is 4.21. The van der Waals surface area contributed by atoms with Gasteiger partial charge in [0.05, 0.1) is 12.1 Å². The maximum atomic E-state index is 11.5. The van der Waals surface area contributed by atoms with Gasteiger partial charge in [-0.05, 0) is 20.3 Å². The molecule has 0 saturated carbocycles. The van der Waals surface area contributed by atoms with E-state index in [1.807, 2.05) is 0 Å². The van der Waals surface area contributed by atoms with E-state index < -0.39 is 23.6 Å². The average Bonchev–Trinajstić information content (AvgIpc) is 2.12. The Hall–Kier alpha value is -1.30. The maximum Gasteiger partial charge on any atom is 0.326 e. The number of hydrogen-bond donors (Lipinski definition) is 3. The van der Waals surface area contributed by atoms with Gasteiger partial charge >= 0.3 is 12.0 Å². The Morgan fingerprint density at radius 2 is 2.00 bits per heavy atom. The number of carboxylic acid groups (broad SMARTS) is 1. The van der Waals surface area contributed by atoms with Crippen molar-refractivity contribution in [1.29, 1.82) is 0 Å². The molecular formula is C10H20N2O4. The summed E-state index contributed by atoms with van der Waals surface area (Å²) in [6, 6.07) is -1.37. The summed E-state index contributed by atoms with van der Waals surface area (Å²) in [6.07, 6.45) is 0.341. The predicted molar refractivity (Wildman–Crippen MR) is 59.3 cm³/mol. The molecule has 6 heteroatoms. The van der Waals surface area contributed by atoms with Crippen LogP contribution in [0, 0.1) is 0 Å². The average molecular weight is 232 g/mol. The van der Waals surface area contributed by atoms with E-state index >= 15 is 0 Å². The van der Waals surface area contributed by atoms with Crippen LogP contribution in [0.1, 0.15) is 27.2 Å². The highest BCUT2D eigenvalue weighted by Crippen LogP contribution is 2.02. The van der Waals surface area contributed by atoms with Crippen LogP contribution in [0.2, 0.25) is 0 Å². The molecule has 0 aromatic heterocycles. The molecule has 0 aliphatic rings. The zero-order valence-electron chi connectivity index (χ0n) is 10.2. The van der Waals surface area contributed by atoms with Crippen LogP contribution in [0.4, 0.5) is 4.79 Å². The van der Waals surface area contributed by atoms with Crippen molar-refractivity contribution in [2.24, 2.45) is 0 Å². The third-order valence-electron chi connectivity index (χ3n) is 1.97. The normalized spacial score (nSPS) is 13.0. The lowest BCUT2D eigenvalue weighted by Crippen LogP contribution is -2.54. The number of methoxy groups -OCH3 is 1. The smallest absolute Gasteiger partial charge is 0.326 e. The number of carbonyl (C=O) groups excluding carboxylic acids is 1. The molecule has 0 aliphatic carbocycles. The monoisotopic (exact) mass is 232 g/mol. The summed E-state index contributed by atoms with van der Waals surface area (Å²) >= 11 is 0. The highest BCUT2D eigenvalue weighted by Gasteiger charge is 2.23. The number of ether oxygens (including phenoxy) is 1. The van der Waals surface area contributed by atoms with Crippen molar-refractivity contribution in [3.63, 3.8) is 0 Å². The van der Waals surface area contributed by atoms with Crippen molar-refractivity contribution < 1.29 is 19.4 Å². The topological polar surface area (TPSA) is 87.7 Å².